The predicted octanol–water partition coefficient (Wildman–Crippen LogP) is 2.55. The summed E-state index contributed by atoms with van der Waals surface area (Å²) < 4.78 is 45.6. The summed E-state index contributed by atoms with van der Waals surface area (Å²) in [7, 11) is -0.560. The number of benzene rings is 2. The first-order valence-corrected chi connectivity index (χ1v) is 9.99. The molecule has 3 rings (SSSR count). The molecule has 0 saturated heterocycles. The molecular weight excluding hydrogens is 371 g/mol. The van der Waals surface area contributed by atoms with Crippen molar-refractivity contribution in [1.82, 2.24) is 9.62 Å². The molecule has 0 atom stereocenters. The minimum absolute atomic E-state index is 0.0207. The lowest BCUT2D eigenvalue weighted by Crippen LogP contribution is -2.27. The van der Waals surface area contributed by atoms with Crippen molar-refractivity contribution in [3.05, 3.63) is 59.4 Å². The highest BCUT2D eigenvalue weighted by molar-refractivity contribution is 7.89. The molecule has 0 spiro atoms. The number of nitrogens with zero attached hydrogens (tertiary/aromatic N) is 1. The zero-order valence-corrected chi connectivity index (χ0v) is 15.9. The second-order valence-corrected chi connectivity index (χ2v) is 8.26. The van der Waals surface area contributed by atoms with Crippen LogP contribution >= 0.6 is 0 Å². The number of methoxy groups -OCH3 is 1. The largest absolute Gasteiger partial charge is 0.494 e. The van der Waals surface area contributed by atoms with E-state index in [0.29, 0.717) is 11.1 Å². The molecule has 0 heterocycles. The van der Waals surface area contributed by atoms with Gasteiger partial charge in [-0.15, -0.1) is 0 Å². The fraction of sp³-hybridized carbons (Fsp3) is 0.316. The Labute approximate surface area is 158 Å². The van der Waals surface area contributed by atoms with E-state index in [1.54, 1.807) is 13.1 Å². The van der Waals surface area contributed by atoms with Gasteiger partial charge in [0.2, 0.25) is 10.0 Å². The molecule has 8 heteroatoms. The third-order valence-corrected chi connectivity index (χ3v) is 5.83. The Morgan fingerprint density at radius 1 is 1.22 bits per heavy atom. The SMILES string of the molecule is COc1ccc(CN(C)C(=O)c2ccc(S(=O)(=O)NC3CC3)cc2)cc1F. The highest BCUT2D eigenvalue weighted by Gasteiger charge is 2.28. The number of amides is 1. The van der Waals surface area contributed by atoms with E-state index in [1.165, 1.54) is 48.4 Å². The van der Waals surface area contributed by atoms with Crippen LogP contribution in [0.5, 0.6) is 5.75 Å². The van der Waals surface area contributed by atoms with Crippen LogP contribution in [-0.2, 0) is 16.6 Å². The van der Waals surface area contributed by atoms with Gasteiger partial charge in [-0.2, -0.15) is 0 Å². The lowest BCUT2D eigenvalue weighted by molar-refractivity contribution is 0.0785. The van der Waals surface area contributed by atoms with E-state index in [9.17, 15) is 17.6 Å². The molecule has 2 aromatic carbocycles. The highest BCUT2D eigenvalue weighted by atomic mass is 32.2. The van der Waals surface area contributed by atoms with Crippen LogP contribution in [0.2, 0.25) is 0 Å². The third kappa shape index (κ3) is 4.64. The summed E-state index contributed by atoms with van der Waals surface area (Å²) in [5.74, 6) is -0.636. The van der Waals surface area contributed by atoms with Gasteiger partial charge in [0.05, 0.1) is 12.0 Å². The fourth-order valence-electron chi connectivity index (χ4n) is 2.64. The Balaban J connectivity index is 1.68. The molecule has 2 aromatic rings. The van der Waals surface area contributed by atoms with Crippen LogP contribution in [-0.4, -0.2) is 39.4 Å². The van der Waals surface area contributed by atoms with Crippen LogP contribution in [0.4, 0.5) is 4.39 Å². The molecule has 0 unspecified atom stereocenters. The fourth-order valence-corrected chi connectivity index (χ4v) is 3.94. The van der Waals surface area contributed by atoms with Gasteiger partial charge >= 0.3 is 0 Å². The van der Waals surface area contributed by atoms with Gasteiger partial charge in [0, 0.05) is 25.2 Å². The van der Waals surface area contributed by atoms with E-state index < -0.39 is 15.8 Å². The summed E-state index contributed by atoms with van der Waals surface area (Å²) in [5, 5.41) is 0. The number of carbonyl (C=O) groups is 1. The average molecular weight is 392 g/mol. The number of nitrogens with one attached hydrogen (secondary N) is 1. The first-order chi connectivity index (χ1) is 12.8. The summed E-state index contributed by atoms with van der Waals surface area (Å²) in [6.45, 7) is 0.211. The summed E-state index contributed by atoms with van der Waals surface area (Å²) in [5.41, 5.74) is 0.980. The van der Waals surface area contributed by atoms with E-state index in [4.69, 9.17) is 4.74 Å². The number of halogens is 1. The maximum Gasteiger partial charge on any atom is 0.253 e. The van der Waals surface area contributed by atoms with Crippen molar-refractivity contribution >= 4 is 15.9 Å². The van der Waals surface area contributed by atoms with E-state index in [-0.39, 0.29) is 29.1 Å². The Hall–Kier alpha value is -2.45. The van der Waals surface area contributed by atoms with Crippen molar-refractivity contribution in [2.24, 2.45) is 0 Å². The van der Waals surface area contributed by atoms with Gasteiger partial charge < -0.3 is 9.64 Å². The topological polar surface area (TPSA) is 75.7 Å². The molecule has 1 N–H and O–H groups in total. The van der Waals surface area contributed by atoms with Crippen molar-refractivity contribution in [1.29, 1.82) is 0 Å². The minimum atomic E-state index is -3.55. The van der Waals surface area contributed by atoms with Crippen LogP contribution in [0.1, 0.15) is 28.8 Å². The predicted molar refractivity (Wildman–Crippen MR) is 98.5 cm³/mol. The van der Waals surface area contributed by atoms with Gasteiger partial charge in [0.15, 0.2) is 11.6 Å². The van der Waals surface area contributed by atoms with Crippen LogP contribution in [0.15, 0.2) is 47.4 Å². The van der Waals surface area contributed by atoms with E-state index in [2.05, 4.69) is 4.72 Å². The Kier molecular flexibility index (Phi) is 5.48. The third-order valence-electron chi connectivity index (χ3n) is 4.29. The molecule has 1 aliphatic carbocycles. The summed E-state index contributed by atoms with van der Waals surface area (Å²) in [6, 6.07) is 10.3. The number of carbonyl (C=O) groups excluding carboxylic acids is 1. The number of hydrogen-bond acceptors (Lipinski definition) is 4. The van der Waals surface area contributed by atoms with Crippen LogP contribution in [0.25, 0.3) is 0 Å². The molecule has 144 valence electrons. The van der Waals surface area contributed by atoms with E-state index in [0.717, 1.165) is 12.8 Å². The van der Waals surface area contributed by atoms with Crippen LogP contribution in [0, 0.1) is 5.82 Å². The van der Waals surface area contributed by atoms with Crippen molar-refractivity contribution in [2.75, 3.05) is 14.2 Å². The normalized spacial score (nSPS) is 14.0. The Morgan fingerprint density at radius 3 is 2.44 bits per heavy atom. The quantitative estimate of drug-likeness (QED) is 0.786. The lowest BCUT2D eigenvalue weighted by atomic mass is 10.1. The first kappa shape index (κ1) is 19.3. The van der Waals surface area contributed by atoms with Gasteiger partial charge in [0.25, 0.3) is 5.91 Å². The molecule has 0 bridgehead atoms. The summed E-state index contributed by atoms with van der Waals surface area (Å²) in [6.07, 6.45) is 1.71. The maximum absolute atomic E-state index is 13.8. The molecule has 1 saturated carbocycles. The van der Waals surface area contributed by atoms with Gasteiger partial charge in [-0.1, -0.05) is 6.07 Å². The molecular formula is C19H21FN2O4S. The zero-order chi connectivity index (χ0) is 19.6. The molecule has 0 aromatic heterocycles. The molecule has 0 aliphatic heterocycles. The summed E-state index contributed by atoms with van der Waals surface area (Å²) in [4.78, 5) is 14.1. The number of sulfonamides is 1. The molecule has 6 nitrogen and oxygen atoms in total. The Morgan fingerprint density at radius 2 is 1.89 bits per heavy atom. The summed E-state index contributed by atoms with van der Waals surface area (Å²) >= 11 is 0. The highest BCUT2D eigenvalue weighted by Crippen LogP contribution is 2.23. The molecule has 0 radical (unpaired) electrons. The molecule has 1 fully saturated rings. The lowest BCUT2D eigenvalue weighted by Gasteiger charge is -2.18. The van der Waals surface area contributed by atoms with Crippen molar-refractivity contribution in [2.45, 2.75) is 30.3 Å². The standard InChI is InChI=1S/C19H21FN2O4S/c1-22(12-13-3-10-18(26-2)17(20)11-13)19(23)14-4-8-16(9-5-14)27(24,25)21-15-6-7-15/h3-5,8-11,15,21H,6-7,12H2,1-2H3. The molecule has 27 heavy (non-hydrogen) atoms. The van der Waals surface area contributed by atoms with Crippen LogP contribution < -0.4 is 9.46 Å². The average Bonchev–Trinajstić information content (AvgIpc) is 3.44. The van der Waals surface area contributed by atoms with Gasteiger partial charge in [-0.25, -0.2) is 17.5 Å². The molecule has 1 amide bonds. The van der Waals surface area contributed by atoms with Crippen molar-refractivity contribution < 1.29 is 22.3 Å². The second-order valence-electron chi connectivity index (χ2n) is 6.55. The maximum atomic E-state index is 13.8. The minimum Gasteiger partial charge on any atom is -0.494 e. The number of hydrogen-bond donors (Lipinski definition) is 1. The molecule has 1 aliphatic rings. The van der Waals surface area contributed by atoms with Crippen molar-refractivity contribution in [3.63, 3.8) is 0 Å². The van der Waals surface area contributed by atoms with Gasteiger partial charge in [-0.3, -0.25) is 4.79 Å². The zero-order valence-electron chi connectivity index (χ0n) is 15.1. The van der Waals surface area contributed by atoms with Gasteiger partial charge in [0.1, 0.15) is 0 Å². The smallest absolute Gasteiger partial charge is 0.253 e. The monoisotopic (exact) mass is 392 g/mol. The van der Waals surface area contributed by atoms with E-state index in [1.807, 2.05) is 0 Å². The number of ether oxygens (including phenoxy) is 1. The first-order valence-electron chi connectivity index (χ1n) is 8.50. The van der Waals surface area contributed by atoms with Crippen molar-refractivity contribution in [3.8, 4) is 5.75 Å². The Bertz CT molecular complexity index is 941. The van der Waals surface area contributed by atoms with E-state index >= 15 is 0 Å². The second kappa shape index (κ2) is 7.66. The van der Waals surface area contributed by atoms with Crippen LogP contribution in [0.3, 0.4) is 0 Å². The number of rotatable bonds is 7. The van der Waals surface area contributed by atoms with Gasteiger partial charge in [-0.05, 0) is 54.8 Å².